The number of hydrogen-bond acceptors (Lipinski definition) is 3. The highest BCUT2D eigenvalue weighted by Gasteiger charge is 2.11. The summed E-state index contributed by atoms with van der Waals surface area (Å²) in [6.45, 7) is 1.77. The average Bonchev–Trinajstić information content (AvgIpc) is 2.40. The molecule has 0 saturated heterocycles. The van der Waals surface area contributed by atoms with E-state index in [0.717, 1.165) is 0 Å². The third kappa shape index (κ3) is 2.85. The molecule has 18 heavy (non-hydrogen) atoms. The lowest BCUT2D eigenvalue weighted by molar-refractivity contribution is -0.683. The van der Waals surface area contributed by atoms with E-state index in [2.05, 4.69) is 4.98 Å². The molecule has 90 valence electrons. The van der Waals surface area contributed by atoms with Crippen molar-refractivity contribution in [3.8, 4) is 0 Å². The van der Waals surface area contributed by atoms with Crippen molar-refractivity contribution in [1.29, 1.82) is 0 Å². The number of hydrogen-bond donors (Lipinski definition) is 0. The lowest BCUT2D eigenvalue weighted by Crippen LogP contribution is -2.37. The van der Waals surface area contributed by atoms with Gasteiger partial charge in [-0.1, -0.05) is 24.3 Å². The Morgan fingerprint density at radius 2 is 1.61 bits per heavy atom. The summed E-state index contributed by atoms with van der Waals surface area (Å²) in [6, 6.07) is 6.71. The lowest BCUT2D eigenvalue weighted by Gasteiger charge is -1.99. The van der Waals surface area contributed by atoms with Crippen molar-refractivity contribution in [3.05, 3.63) is 60.2 Å². The Bertz CT molecular complexity index is 562. The van der Waals surface area contributed by atoms with Crippen LogP contribution in [-0.2, 0) is 6.54 Å². The van der Waals surface area contributed by atoms with Crippen LogP contribution in [-0.4, -0.2) is 16.6 Å². The second-order valence-electron chi connectivity index (χ2n) is 3.97. The van der Waals surface area contributed by atoms with Gasteiger partial charge in [0.1, 0.15) is 0 Å². The van der Waals surface area contributed by atoms with Crippen LogP contribution >= 0.6 is 0 Å². The highest BCUT2D eigenvalue weighted by atomic mass is 16.1. The Kier molecular flexibility index (Phi) is 3.57. The van der Waals surface area contributed by atoms with Crippen molar-refractivity contribution in [2.45, 2.75) is 13.5 Å². The van der Waals surface area contributed by atoms with Gasteiger partial charge in [-0.25, -0.2) is 0 Å². The van der Waals surface area contributed by atoms with Gasteiger partial charge in [0, 0.05) is 11.1 Å². The zero-order valence-electron chi connectivity index (χ0n) is 10.0. The van der Waals surface area contributed by atoms with Gasteiger partial charge < -0.3 is 0 Å². The lowest BCUT2D eigenvalue weighted by atomic mass is 10.1. The molecule has 0 saturated carbocycles. The smallest absolute Gasteiger partial charge is 0.227 e. The molecular formula is C14H13N2O2+. The SMILES string of the molecule is CC(=O)c1ccc(C(=O)C[n+]2ccncc2)cc1. The van der Waals surface area contributed by atoms with E-state index >= 15 is 0 Å². The third-order valence-corrected chi connectivity index (χ3v) is 2.63. The molecule has 2 rings (SSSR count). The van der Waals surface area contributed by atoms with Crippen LogP contribution in [0.1, 0.15) is 27.6 Å². The number of carbonyl (C=O) groups excluding carboxylic acids is 2. The fourth-order valence-electron chi connectivity index (χ4n) is 1.60. The molecule has 0 aliphatic rings. The molecule has 4 nitrogen and oxygen atoms in total. The van der Waals surface area contributed by atoms with Crippen LogP contribution in [0.15, 0.2) is 49.1 Å². The van der Waals surface area contributed by atoms with Gasteiger partial charge in [0.15, 0.2) is 18.2 Å². The first-order valence-electron chi connectivity index (χ1n) is 5.60. The summed E-state index contributed by atoms with van der Waals surface area (Å²) in [5.74, 6) is -0.00110. The second kappa shape index (κ2) is 5.31. The number of Topliss-reactive ketones (excluding diaryl/α,β-unsaturated/α-hetero) is 2. The number of aromatic nitrogens is 2. The maximum atomic E-state index is 12.0. The summed E-state index contributed by atoms with van der Waals surface area (Å²) in [5.41, 5.74) is 1.22. The van der Waals surface area contributed by atoms with Crippen LogP contribution in [0.2, 0.25) is 0 Å². The summed E-state index contributed by atoms with van der Waals surface area (Å²) in [5, 5.41) is 0. The first-order chi connectivity index (χ1) is 8.66. The molecule has 1 aromatic heterocycles. The average molecular weight is 241 g/mol. The fraction of sp³-hybridized carbons (Fsp3) is 0.143. The van der Waals surface area contributed by atoms with E-state index in [1.807, 2.05) is 0 Å². The zero-order valence-corrected chi connectivity index (χ0v) is 10.0. The van der Waals surface area contributed by atoms with E-state index in [0.29, 0.717) is 11.1 Å². The predicted molar refractivity (Wildman–Crippen MR) is 65.2 cm³/mol. The minimum Gasteiger partial charge on any atom is -0.295 e. The Labute approximate surface area is 105 Å². The maximum absolute atomic E-state index is 12.0. The summed E-state index contributed by atoms with van der Waals surface area (Å²) >= 11 is 0. The van der Waals surface area contributed by atoms with E-state index in [9.17, 15) is 9.59 Å². The molecule has 0 radical (unpaired) electrons. The van der Waals surface area contributed by atoms with Gasteiger partial charge in [0.25, 0.3) is 0 Å². The monoisotopic (exact) mass is 241 g/mol. The fourth-order valence-corrected chi connectivity index (χ4v) is 1.60. The van der Waals surface area contributed by atoms with Gasteiger partial charge in [0.2, 0.25) is 12.3 Å². The quantitative estimate of drug-likeness (QED) is 0.601. The molecule has 0 N–H and O–H groups in total. The van der Waals surface area contributed by atoms with Crippen molar-refractivity contribution >= 4 is 11.6 Å². The molecule has 0 spiro atoms. The van der Waals surface area contributed by atoms with Crippen LogP contribution < -0.4 is 4.57 Å². The van der Waals surface area contributed by atoms with E-state index in [1.54, 1.807) is 53.6 Å². The van der Waals surface area contributed by atoms with Crippen LogP contribution in [0, 0.1) is 0 Å². The van der Waals surface area contributed by atoms with E-state index in [4.69, 9.17) is 0 Å². The molecule has 1 aromatic carbocycles. The number of rotatable bonds is 4. The normalized spacial score (nSPS) is 10.1. The molecule has 0 aliphatic carbocycles. The maximum Gasteiger partial charge on any atom is 0.227 e. The van der Waals surface area contributed by atoms with Crippen LogP contribution in [0.4, 0.5) is 0 Å². The van der Waals surface area contributed by atoms with Gasteiger partial charge in [-0.2, -0.15) is 4.57 Å². The van der Waals surface area contributed by atoms with Crippen molar-refractivity contribution in [2.75, 3.05) is 0 Å². The van der Waals surface area contributed by atoms with Gasteiger partial charge in [-0.15, -0.1) is 0 Å². The van der Waals surface area contributed by atoms with Crippen molar-refractivity contribution < 1.29 is 14.2 Å². The summed E-state index contributed by atoms with van der Waals surface area (Å²) < 4.78 is 1.76. The highest BCUT2D eigenvalue weighted by molar-refractivity contribution is 5.98. The molecule has 4 heteroatoms. The van der Waals surface area contributed by atoms with Gasteiger partial charge in [0.05, 0.1) is 12.4 Å². The molecular weight excluding hydrogens is 228 g/mol. The van der Waals surface area contributed by atoms with Crippen molar-refractivity contribution in [2.24, 2.45) is 0 Å². The van der Waals surface area contributed by atoms with Crippen LogP contribution in [0.5, 0.6) is 0 Å². The Morgan fingerprint density at radius 3 is 2.17 bits per heavy atom. The largest absolute Gasteiger partial charge is 0.295 e. The second-order valence-corrected chi connectivity index (χ2v) is 3.97. The van der Waals surface area contributed by atoms with Crippen LogP contribution in [0.3, 0.4) is 0 Å². The van der Waals surface area contributed by atoms with Crippen LogP contribution in [0.25, 0.3) is 0 Å². The Hall–Kier alpha value is -2.36. The third-order valence-electron chi connectivity index (χ3n) is 2.63. The first-order valence-corrected chi connectivity index (χ1v) is 5.60. The standard InChI is InChI=1S/C14H13N2O2/c1-11(17)12-2-4-13(5-3-12)14(18)10-16-8-6-15-7-9-16/h2-9H,10H2,1H3/q+1. The molecule has 0 unspecified atom stereocenters. The van der Waals surface area contributed by atoms with Crippen molar-refractivity contribution in [3.63, 3.8) is 0 Å². The minimum atomic E-state index is -0.00231. The summed E-state index contributed by atoms with van der Waals surface area (Å²) in [4.78, 5) is 27.0. The van der Waals surface area contributed by atoms with Gasteiger partial charge in [-0.3, -0.25) is 14.6 Å². The van der Waals surface area contributed by atoms with Gasteiger partial charge in [-0.05, 0) is 6.92 Å². The van der Waals surface area contributed by atoms with E-state index < -0.39 is 0 Å². The molecule has 2 aromatic rings. The van der Waals surface area contributed by atoms with E-state index in [1.165, 1.54) is 6.92 Å². The number of ketones is 2. The number of nitrogens with zero attached hydrogens (tertiary/aromatic N) is 2. The number of benzene rings is 1. The predicted octanol–water partition coefficient (Wildman–Crippen LogP) is 1.45. The summed E-state index contributed by atoms with van der Waals surface area (Å²) in [7, 11) is 0. The molecule has 0 atom stereocenters. The topological polar surface area (TPSA) is 50.9 Å². The number of carbonyl (C=O) groups is 2. The molecule has 0 bridgehead atoms. The van der Waals surface area contributed by atoms with Gasteiger partial charge >= 0.3 is 0 Å². The first kappa shape index (κ1) is 12.1. The minimum absolute atomic E-state index is 0.00121. The summed E-state index contributed by atoms with van der Waals surface area (Å²) in [6.07, 6.45) is 6.74. The Morgan fingerprint density at radius 1 is 1.06 bits per heavy atom. The Balaban J connectivity index is 2.12. The molecule has 0 amide bonds. The molecule has 0 fully saturated rings. The molecule has 1 heterocycles. The zero-order chi connectivity index (χ0) is 13.0. The highest BCUT2D eigenvalue weighted by Crippen LogP contribution is 2.06. The molecule has 0 aliphatic heterocycles. The van der Waals surface area contributed by atoms with E-state index in [-0.39, 0.29) is 18.1 Å². The van der Waals surface area contributed by atoms with Crippen molar-refractivity contribution in [1.82, 2.24) is 4.98 Å².